The Balaban J connectivity index is 8.08. The van der Waals surface area contributed by atoms with E-state index in [4.69, 9.17) is 0 Å². The van der Waals surface area contributed by atoms with Crippen LogP contribution in [-0.2, 0) is 0 Å². The van der Waals surface area contributed by atoms with Gasteiger partial charge in [-0.1, -0.05) is 0 Å². The lowest BCUT2D eigenvalue weighted by Crippen LogP contribution is -2.80. The highest BCUT2D eigenvalue weighted by Crippen LogP contribution is 2.72. The Hall–Kier alpha value is -3.41. The summed E-state index contributed by atoms with van der Waals surface area (Å²) in [5, 5.41) is 0. The topological polar surface area (TPSA) is 0 Å². The van der Waals surface area contributed by atoms with Gasteiger partial charge in [0.2, 0.25) is 5.83 Å². The second kappa shape index (κ2) is 15.5. The number of hydrogen-bond donors (Lipinski definition) is 0. The molecule has 68 heavy (non-hydrogen) atoms. The van der Waals surface area contributed by atoms with Crippen molar-refractivity contribution in [1.82, 2.24) is 0 Å². The molecule has 0 heterocycles. The third-order valence-corrected chi connectivity index (χ3v) is 8.21. The van der Waals surface area contributed by atoms with Crippen molar-refractivity contribution < 1.29 is 198 Å². The van der Waals surface area contributed by atoms with Gasteiger partial charge in [0.1, 0.15) is 0 Å². The van der Waals surface area contributed by atoms with Crippen LogP contribution in [0.25, 0.3) is 0 Å². The van der Waals surface area contributed by atoms with Crippen LogP contribution in [0.5, 0.6) is 0 Å². The van der Waals surface area contributed by atoms with Gasteiger partial charge in [0, 0.05) is 0 Å². The van der Waals surface area contributed by atoms with Gasteiger partial charge < -0.3 is 0 Å². The summed E-state index contributed by atoms with van der Waals surface area (Å²) in [5.74, 6) is -208. The average molecular weight is 1130 g/mol. The Kier molecular flexibility index (Phi) is 14.8. The molecule has 0 spiro atoms. The Morgan fingerprint density at radius 3 is 0.382 bits per heavy atom. The van der Waals surface area contributed by atoms with Gasteiger partial charge in [0.15, 0.2) is 6.33 Å². The van der Waals surface area contributed by atoms with Crippen molar-refractivity contribution in [2.75, 3.05) is 0 Å². The van der Waals surface area contributed by atoms with Gasteiger partial charge in [-0.2, -0.15) is 189 Å². The highest BCUT2D eigenvalue weighted by Gasteiger charge is 3.03. The molecule has 0 aromatic carbocycles. The van der Waals surface area contributed by atoms with E-state index in [-0.39, 0.29) is 0 Å². The third-order valence-electron chi connectivity index (χ3n) is 8.21. The summed E-state index contributed by atoms with van der Waals surface area (Å²) in [6, 6.07) is 0. The van der Waals surface area contributed by atoms with Crippen LogP contribution in [-0.4, -0.2) is 125 Å². The molecule has 0 saturated heterocycles. The lowest BCUT2D eigenvalue weighted by atomic mass is 9.81. The van der Waals surface area contributed by atoms with Gasteiger partial charge in [-0.05, 0) is 0 Å². The summed E-state index contributed by atoms with van der Waals surface area (Å²) in [6.07, 6.45) is -10.1. The van der Waals surface area contributed by atoms with Crippen LogP contribution in [0.4, 0.5) is 198 Å². The smallest absolute Gasteiger partial charge is 0.201 e. The van der Waals surface area contributed by atoms with Crippen LogP contribution in [0.3, 0.4) is 0 Å². The summed E-state index contributed by atoms with van der Waals surface area (Å²) in [5.41, 5.74) is 0. The molecule has 407 valence electrons. The molecule has 45 heteroatoms. The fraction of sp³-hybridized carbons (Fsp3) is 0.913. The first-order valence-electron chi connectivity index (χ1n) is 14.0. The van der Waals surface area contributed by atoms with E-state index in [1.54, 1.807) is 0 Å². The van der Waals surface area contributed by atoms with Gasteiger partial charge in [-0.25, -0.2) is 8.78 Å². The lowest BCUT2D eigenvalue weighted by Gasteiger charge is -2.47. The SMILES string of the molecule is F/[C]=C(\F)C(F)(F)C(F)(F)C(F)(F)C(F)(F)C(F)(F)C(F)(F)C(F)(F)C(F)(F)C(F)(F)C(F)(F)C(F)(F)C(F)(F)C(F)(F)C(F)(F)C(F)(F)C(F)(F)C(F)(F)C(F)(F)C(F)(F)C(F)(F)C(F)(F)F. The minimum atomic E-state index is -10.8. The van der Waals surface area contributed by atoms with E-state index in [1.807, 2.05) is 0 Å². The van der Waals surface area contributed by atoms with Crippen LogP contribution in [0, 0.1) is 6.33 Å². The molecule has 1 radical (unpaired) electrons. The molecule has 0 unspecified atom stereocenters. The van der Waals surface area contributed by atoms with E-state index in [9.17, 15) is 198 Å². The molecule has 0 rings (SSSR count). The van der Waals surface area contributed by atoms with E-state index >= 15 is 0 Å². The first kappa shape index (κ1) is 64.6. The standard InChI is InChI=1S/C23F45/c24-1-2(25)3(26,27)4(28,29)5(30,31)6(32,33)7(34,35)8(36,37)9(38,39)10(40,41)11(42,43)12(44,45)13(46,47)14(48,49)15(50,51)16(52,53)17(54,55)18(56,57)19(58,59)20(60,61)21(62,63)22(64,65)23(66,67)68. The minimum absolute atomic E-state index is 1.52. The van der Waals surface area contributed by atoms with Crippen LogP contribution in [0.2, 0.25) is 0 Å². The summed E-state index contributed by atoms with van der Waals surface area (Å²) < 4.78 is 609. The predicted molar refractivity (Wildman–Crippen MR) is 114 cm³/mol. The molecule has 0 atom stereocenters. The molecule has 0 N–H and O–H groups in total. The normalized spacial score (nSPS) is 17.6. The summed E-state index contributed by atoms with van der Waals surface area (Å²) >= 11 is 0. The highest BCUT2D eigenvalue weighted by atomic mass is 19.4. The second-order valence-corrected chi connectivity index (χ2v) is 12.4. The molecule has 0 aromatic heterocycles. The van der Waals surface area contributed by atoms with Crippen LogP contribution in [0.15, 0.2) is 5.83 Å². The van der Waals surface area contributed by atoms with Crippen molar-refractivity contribution in [2.45, 2.75) is 125 Å². The monoisotopic (exact) mass is 1130 g/mol. The van der Waals surface area contributed by atoms with E-state index < -0.39 is 137 Å². The fourth-order valence-corrected chi connectivity index (χ4v) is 3.92. The first-order chi connectivity index (χ1) is 28.5. The maximum atomic E-state index is 14.0. The quantitative estimate of drug-likeness (QED) is 0.107. The number of rotatable bonds is 20. The van der Waals surface area contributed by atoms with Crippen molar-refractivity contribution in [1.29, 1.82) is 0 Å². The molecular weight excluding hydrogens is 1130 g/mol. The van der Waals surface area contributed by atoms with Crippen molar-refractivity contribution in [3.8, 4) is 0 Å². The van der Waals surface area contributed by atoms with E-state index in [0.717, 1.165) is 0 Å². The van der Waals surface area contributed by atoms with Crippen molar-refractivity contribution in [2.24, 2.45) is 0 Å². The molecule has 0 amide bonds. The van der Waals surface area contributed by atoms with E-state index in [1.165, 1.54) is 0 Å². The largest absolute Gasteiger partial charge is 0.460 e. The summed E-state index contributed by atoms with van der Waals surface area (Å²) in [4.78, 5) is 0. The minimum Gasteiger partial charge on any atom is -0.201 e. The number of alkyl halides is 43. The number of hydrogen-bond acceptors (Lipinski definition) is 0. The van der Waals surface area contributed by atoms with E-state index in [2.05, 4.69) is 0 Å². The molecule has 0 nitrogen and oxygen atoms in total. The Morgan fingerprint density at radius 2 is 0.279 bits per heavy atom. The van der Waals surface area contributed by atoms with Gasteiger partial charge in [0.25, 0.3) is 0 Å². The zero-order valence-electron chi connectivity index (χ0n) is 28.5. The van der Waals surface area contributed by atoms with Gasteiger partial charge >= 0.3 is 125 Å². The zero-order chi connectivity index (χ0) is 56.8. The van der Waals surface area contributed by atoms with Crippen LogP contribution in [0.1, 0.15) is 0 Å². The van der Waals surface area contributed by atoms with Crippen molar-refractivity contribution >= 4 is 0 Å². The maximum Gasteiger partial charge on any atom is 0.460 e. The second-order valence-electron chi connectivity index (χ2n) is 12.4. The fourth-order valence-electron chi connectivity index (χ4n) is 3.92. The molecular formula is C23F45. The van der Waals surface area contributed by atoms with Gasteiger partial charge in [0.05, 0.1) is 0 Å². The van der Waals surface area contributed by atoms with Crippen molar-refractivity contribution in [3.63, 3.8) is 0 Å². The maximum absolute atomic E-state index is 14.0. The molecule has 0 aliphatic heterocycles. The summed E-state index contributed by atoms with van der Waals surface area (Å²) in [7, 11) is 0. The Morgan fingerprint density at radius 1 is 0.176 bits per heavy atom. The van der Waals surface area contributed by atoms with Gasteiger partial charge in [-0.15, -0.1) is 0 Å². The average Bonchev–Trinajstić information content (AvgIpc) is 3.12. The van der Waals surface area contributed by atoms with Crippen LogP contribution < -0.4 is 0 Å². The first-order valence-corrected chi connectivity index (χ1v) is 14.0. The zero-order valence-corrected chi connectivity index (χ0v) is 28.5. The molecule has 0 aromatic rings. The molecule has 0 bridgehead atoms. The van der Waals surface area contributed by atoms with E-state index in [0.29, 0.717) is 0 Å². The summed E-state index contributed by atoms with van der Waals surface area (Å²) in [6.45, 7) is 0. The van der Waals surface area contributed by atoms with Crippen LogP contribution >= 0.6 is 0 Å². The molecule has 0 aliphatic carbocycles. The molecule has 0 aliphatic rings. The number of allylic oxidation sites excluding steroid dienone is 1. The highest BCUT2D eigenvalue weighted by molar-refractivity contribution is 5.24. The van der Waals surface area contributed by atoms with Crippen molar-refractivity contribution in [3.05, 3.63) is 12.2 Å². The lowest BCUT2D eigenvalue weighted by molar-refractivity contribution is -0.496. The number of halogens is 45. The predicted octanol–water partition coefficient (Wildman–Crippen LogP) is 14.8. The Bertz CT molecular complexity index is 1860. The third kappa shape index (κ3) is 6.97. The Labute approximate surface area is 336 Å². The van der Waals surface area contributed by atoms with Gasteiger partial charge in [-0.3, -0.25) is 0 Å². The molecule has 0 saturated carbocycles. The molecule has 0 fully saturated rings.